The quantitative estimate of drug-likeness (QED) is 0.608. The lowest BCUT2D eigenvalue weighted by molar-refractivity contribution is -0.139. The van der Waals surface area contributed by atoms with Crippen molar-refractivity contribution in [2.75, 3.05) is 13.4 Å². The maximum atomic E-state index is 13.9. The predicted molar refractivity (Wildman–Crippen MR) is 107 cm³/mol. The lowest BCUT2D eigenvalue weighted by atomic mass is 9.90. The van der Waals surface area contributed by atoms with Crippen LogP contribution in [-0.2, 0) is 32.2 Å². The molecule has 0 saturated carbocycles. The first-order valence-electron chi connectivity index (χ1n) is 8.75. The number of hydrogen-bond donors (Lipinski definition) is 0. The van der Waals surface area contributed by atoms with E-state index in [1.807, 2.05) is 13.0 Å². The monoisotopic (exact) mass is 400 g/mol. The number of methoxy groups -OCH3 is 1. The third kappa shape index (κ3) is 4.22. The molecule has 0 heterocycles. The zero-order valence-corrected chi connectivity index (χ0v) is 16.8. The van der Waals surface area contributed by atoms with Gasteiger partial charge in [0.05, 0.1) is 18.4 Å². The van der Waals surface area contributed by atoms with Crippen molar-refractivity contribution in [3.63, 3.8) is 0 Å². The van der Waals surface area contributed by atoms with Crippen LogP contribution in [0.25, 0.3) is 10.8 Å². The van der Waals surface area contributed by atoms with Gasteiger partial charge in [-0.1, -0.05) is 24.3 Å². The van der Waals surface area contributed by atoms with E-state index >= 15 is 0 Å². The summed E-state index contributed by atoms with van der Waals surface area (Å²) in [5.74, 6) is -0.672. The maximum absolute atomic E-state index is 13.9. The average Bonchev–Trinajstić information content (AvgIpc) is 2.65. The second-order valence-corrected chi connectivity index (χ2v) is 8.87. The average molecular weight is 400 g/mol. The van der Waals surface area contributed by atoms with Gasteiger partial charge in [-0.2, -0.15) is 0 Å². The van der Waals surface area contributed by atoms with E-state index in [-0.39, 0.29) is 23.1 Å². The molecular formula is C22H21FO4S. The Labute approximate surface area is 163 Å². The Balaban J connectivity index is 2.10. The molecule has 0 saturated heterocycles. The lowest BCUT2D eigenvalue weighted by Crippen LogP contribution is -2.08. The van der Waals surface area contributed by atoms with Gasteiger partial charge in [0.25, 0.3) is 0 Å². The highest BCUT2D eigenvalue weighted by Crippen LogP contribution is 2.29. The van der Waals surface area contributed by atoms with Crippen LogP contribution in [0.3, 0.4) is 0 Å². The Morgan fingerprint density at radius 1 is 1.07 bits per heavy atom. The minimum atomic E-state index is -3.26. The molecule has 0 spiro atoms. The van der Waals surface area contributed by atoms with Crippen molar-refractivity contribution in [3.05, 3.63) is 76.6 Å². The maximum Gasteiger partial charge on any atom is 0.309 e. The number of esters is 1. The first kappa shape index (κ1) is 20.0. The lowest BCUT2D eigenvalue weighted by Gasteiger charge is -2.16. The summed E-state index contributed by atoms with van der Waals surface area (Å²) in [4.78, 5) is 12.0. The van der Waals surface area contributed by atoms with Gasteiger partial charge in [-0.25, -0.2) is 12.8 Å². The third-order valence-corrected chi connectivity index (χ3v) is 6.03. The number of hydrogen-bond acceptors (Lipinski definition) is 4. The van der Waals surface area contributed by atoms with Crippen molar-refractivity contribution in [1.29, 1.82) is 0 Å². The first-order valence-corrected chi connectivity index (χ1v) is 10.6. The van der Waals surface area contributed by atoms with E-state index in [4.69, 9.17) is 4.74 Å². The smallest absolute Gasteiger partial charge is 0.309 e. The van der Waals surface area contributed by atoms with E-state index in [0.717, 1.165) is 33.0 Å². The fraction of sp³-hybridized carbons (Fsp3) is 0.227. The van der Waals surface area contributed by atoms with Gasteiger partial charge in [0.1, 0.15) is 5.82 Å². The predicted octanol–water partition coefficient (Wildman–Crippen LogP) is 4.00. The number of fused-ring (bicyclic) bond motifs is 1. The van der Waals surface area contributed by atoms with Crippen LogP contribution in [0, 0.1) is 12.7 Å². The molecule has 0 N–H and O–H groups in total. The van der Waals surface area contributed by atoms with Gasteiger partial charge < -0.3 is 4.74 Å². The van der Waals surface area contributed by atoms with Gasteiger partial charge in [0.2, 0.25) is 0 Å². The van der Waals surface area contributed by atoms with Crippen LogP contribution in [-0.4, -0.2) is 27.8 Å². The molecule has 6 heteroatoms. The van der Waals surface area contributed by atoms with Crippen LogP contribution in [0.1, 0.15) is 22.3 Å². The Hall–Kier alpha value is -2.73. The largest absolute Gasteiger partial charge is 0.469 e. The normalized spacial score (nSPS) is 11.6. The molecule has 28 heavy (non-hydrogen) atoms. The highest BCUT2D eigenvalue weighted by Gasteiger charge is 2.15. The third-order valence-electron chi connectivity index (χ3n) is 4.90. The fourth-order valence-corrected chi connectivity index (χ4v) is 3.94. The van der Waals surface area contributed by atoms with Gasteiger partial charge in [0, 0.05) is 6.26 Å². The summed E-state index contributed by atoms with van der Waals surface area (Å²) in [5.41, 5.74) is 3.53. The van der Waals surface area contributed by atoms with E-state index in [2.05, 4.69) is 0 Å². The molecular weight excluding hydrogens is 379 g/mol. The summed E-state index contributed by atoms with van der Waals surface area (Å²) < 4.78 is 42.0. The molecule has 0 aliphatic heterocycles. The molecule has 4 nitrogen and oxygen atoms in total. The second kappa shape index (κ2) is 7.72. The molecule has 3 rings (SSSR count). The van der Waals surface area contributed by atoms with Crippen LogP contribution < -0.4 is 0 Å². The molecule has 0 fully saturated rings. The molecule has 146 valence electrons. The zero-order valence-electron chi connectivity index (χ0n) is 16.0. The second-order valence-electron chi connectivity index (χ2n) is 6.85. The van der Waals surface area contributed by atoms with Crippen LogP contribution in [0.4, 0.5) is 4.39 Å². The van der Waals surface area contributed by atoms with Gasteiger partial charge in [-0.3, -0.25) is 4.79 Å². The molecule has 0 aliphatic carbocycles. The van der Waals surface area contributed by atoms with E-state index in [1.54, 1.807) is 30.3 Å². The molecule has 0 radical (unpaired) electrons. The summed E-state index contributed by atoms with van der Waals surface area (Å²) >= 11 is 0. The zero-order chi connectivity index (χ0) is 20.5. The molecule has 0 aromatic heterocycles. The fourth-order valence-electron chi connectivity index (χ4n) is 3.31. The minimum absolute atomic E-state index is 0.135. The van der Waals surface area contributed by atoms with Crippen LogP contribution >= 0.6 is 0 Å². The number of benzene rings is 3. The SMILES string of the molecule is COC(=O)Cc1cc2ccc(F)cc2c(Cc2ccc(S(C)(=O)=O)cc2)c1C. The molecule has 0 unspecified atom stereocenters. The number of carbonyl (C=O) groups is 1. The molecule has 0 aliphatic rings. The van der Waals surface area contributed by atoms with E-state index in [0.29, 0.717) is 6.42 Å². The van der Waals surface area contributed by atoms with Crippen molar-refractivity contribution in [2.45, 2.75) is 24.7 Å². The van der Waals surface area contributed by atoms with E-state index < -0.39 is 9.84 Å². The molecule has 3 aromatic rings. The van der Waals surface area contributed by atoms with Gasteiger partial charge >= 0.3 is 5.97 Å². The van der Waals surface area contributed by atoms with Crippen molar-refractivity contribution in [3.8, 4) is 0 Å². The first-order chi connectivity index (χ1) is 13.2. The summed E-state index contributed by atoms with van der Waals surface area (Å²) in [6.07, 6.45) is 1.79. The molecule has 0 atom stereocenters. The minimum Gasteiger partial charge on any atom is -0.469 e. The van der Waals surface area contributed by atoms with Gasteiger partial charge in [0.15, 0.2) is 9.84 Å². The number of carbonyl (C=O) groups excluding carboxylic acids is 1. The molecule has 3 aromatic carbocycles. The van der Waals surface area contributed by atoms with Gasteiger partial charge in [-0.15, -0.1) is 0 Å². The Morgan fingerprint density at radius 2 is 1.75 bits per heavy atom. The highest BCUT2D eigenvalue weighted by molar-refractivity contribution is 7.90. The van der Waals surface area contributed by atoms with E-state index in [1.165, 1.54) is 25.5 Å². The van der Waals surface area contributed by atoms with Crippen molar-refractivity contribution < 1.29 is 22.3 Å². The Bertz CT molecular complexity index is 1150. The summed E-state index contributed by atoms with van der Waals surface area (Å²) in [6.45, 7) is 1.91. The van der Waals surface area contributed by atoms with E-state index in [9.17, 15) is 17.6 Å². The van der Waals surface area contributed by atoms with Crippen molar-refractivity contribution >= 4 is 26.6 Å². The number of rotatable bonds is 5. The Morgan fingerprint density at radius 3 is 2.36 bits per heavy atom. The van der Waals surface area contributed by atoms with Crippen LogP contribution in [0.5, 0.6) is 0 Å². The highest BCUT2D eigenvalue weighted by atomic mass is 32.2. The number of halogens is 1. The van der Waals surface area contributed by atoms with Crippen molar-refractivity contribution in [2.24, 2.45) is 0 Å². The summed E-state index contributed by atoms with van der Waals surface area (Å²) in [5, 5.41) is 1.62. The summed E-state index contributed by atoms with van der Waals surface area (Å²) in [7, 11) is -1.92. The molecule has 0 amide bonds. The molecule has 0 bridgehead atoms. The topological polar surface area (TPSA) is 60.4 Å². The summed E-state index contributed by atoms with van der Waals surface area (Å²) in [6, 6.07) is 13.1. The number of sulfone groups is 1. The van der Waals surface area contributed by atoms with Gasteiger partial charge in [-0.05, 0) is 70.6 Å². The van der Waals surface area contributed by atoms with Crippen LogP contribution in [0.2, 0.25) is 0 Å². The number of ether oxygens (including phenoxy) is 1. The standard InChI is InChI=1S/C22H21FO4S/c1-14-17(12-22(24)27-2)11-16-6-7-18(23)13-21(16)20(14)10-15-4-8-19(9-5-15)28(3,25)26/h4-9,11,13H,10,12H2,1-3H3. The van der Waals surface area contributed by atoms with Crippen molar-refractivity contribution in [1.82, 2.24) is 0 Å². The Kier molecular flexibility index (Phi) is 5.52. The van der Waals surface area contributed by atoms with Crippen LogP contribution in [0.15, 0.2) is 53.4 Å².